The fraction of sp³-hybridized carbons (Fsp3) is 0.947. The van der Waals surface area contributed by atoms with Gasteiger partial charge in [-0.1, -0.05) is 39.0 Å². The molecule has 0 radical (unpaired) electrons. The Hall–Kier alpha value is -0.450. The Kier molecular flexibility index (Phi) is 10.7. The first kappa shape index (κ1) is 20.6. The number of hydrogen-bond donors (Lipinski definition) is 2. The van der Waals surface area contributed by atoms with E-state index in [0.29, 0.717) is 18.8 Å². The van der Waals surface area contributed by atoms with Crippen molar-refractivity contribution < 1.29 is 19.7 Å². The lowest BCUT2D eigenvalue weighted by molar-refractivity contribution is -0.121. The van der Waals surface area contributed by atoms with Crippen molar-refractivity contribution in [1.82, 2.24) is 0 Å². The molecule has 0 aromatic rings. The molecule has 23 heavy (non-hydrogen) atoms. The molecule has 4 atom stereocenters. The first-order chi connectivity index (χ1) is 11.1. The fourth-order valence-electron chi connectivity index (χ4n) is 3.53. The molecule has 0 aliphatic heterocycles. The first-order valence-corrected chi connectivity index (χ1v) is 9.47. The van der Waals surface area contributed by atoms with Gasteiger partial charge in [0.05, 0.1) is 18.3 Å². The standard InChI is InChI=1S/C19H36O4/c1-3-4-5-6-7-8-16(20)14-17(21)11-9-15-10-12-18(22)19(13-15)23-2/h15-16,18-20,22H,3-14H2,1-2H3/t15?,16-,18?,19?/m1/s1. The highest BCUT2D eigenvalue weighted by atomic mass is 16.5. The van der Waals surface area contributed by atoms with Crippen LogP contribution < -0.4 is 0 Å². The van der Waals surface area contributed by atoms with Gasteiger partial charge in [0.2, 0.25) is 0 Å². The van der Waals surface area contributed by atoms with E-state index in [9.17, 15) is 15.0 Å². The van der Waals surface area contributed by atoms with Gasteiger partial charge in [0, 0.05) is 20.0 Å². The SMILES string of the molecule is CCCCCCC[C@@H](O)CC(=O)CCC1CCC(O)C(OC)C1. The van der Waals surface area contributed by atoms with E-state index >= 15 is 0 Å². The zero-order valence-electron chi connectivity index (χ0n) is 15.0. The lowest BCUT2D eigenvalue weighted by Gasteiger charge is -2.32. The summed E-state index contributed by atoms with van der Waals surface area (Å²) in [6.07, 6.45) is 9.99. The van der Waals surface area contributed by atoms with Crippen molar-refractivity contribution in [2.45, 2.75) is 102 Å². The number of methoxy groups -OCH3 is 1. The van der Waals surface area contributed by atoms with E-state index in [-0.39, 0.29) is 18.0 Å². The van der Waals surface area contributed by atoms with Crippen LogP contribution in [0.3, 0.4) is 0 Å². The molecule has 136 valence electrons. The van der Waals surface area contributed by atoms with Crippen LogP contribution in [0.4, 0.5) is 0 Å². The molecule has 1 aliphatic carbocycles. The molecule has 1 aliphatic rings. The molecule has 0 amide bonds. The van der Waals surface area contributed by atoms with Gasteiger partial charge in [0.15, 0.2) is 0 Å². The van der Waals surface area contributed by atoms with Crippen molar-refractivity contribution in [3.8, 4) is 0 Å². The Labute approximate surface area is 141 Å². The van der Waals surface area contributed by atoms with E-state index in [4.69, 9.17) is 4.74 Å². The second-order valence-electron chi connectivity index (χ2n) is 7.16. The van der Waals surface area contributed by atoms with E-state index in [1.807, 2.05) is 0 Å². The molecule has 0 spiro atoms. The minimum Gasteiger partial charge on any atom is -0.393 e. The zero-order valence-corrected chi connectivity index (χ0v) is 15.0. The molecule has 1 saturated carbocycles. The number of hydrogen-bond acceptors (Lipinski definition) is 4. The summed E-state index contributed by atoms with van der Waals surface area (Å²) in [7, 11) is 1.64. The summed E-state index contributed by atoms with van der Waals surface area (Å²) in [5, 5.41) is 19.7. The topological polar surface area (TPSA) is 66.8 Å². The van der Waals surface area contributed by atoms with Crippen LogP contribution in [0.1, 0.15) is 84.0 Å². The van der Waals surface area contributed by atoms with Gasteiger partial charge < -0.3 is 14.9 Å². The van der Waals surface area contributed by atoms with E-state index < -0.39 is 6.10 Å². The van der Waals surface area contributed by atoms with Gasteiger partial charge >= 0.3 is 0 Å². The highest BCUT2D eigenvalue weighted by molar-refractivity contribution is 5.78. The smallest absolute Gasteiger partial charge is 0.135 e. The maximum atomic E-state index is 12.0. The maximum absolute atomic E-state index is 12.0. The van der Waals surface area contributed by atoms with Gasteiger partial charge in [0.1, 0.15) is 5.78 Å². The number of ketones is 1. The zero-order chi connectivity index (χ0) is 17.1. The minimum atomic E-state index is -0.468. The third kappa shape index (κ3) is 8.83. The van der Waals surface area contributed by atoms with Crippen LogP contribution >= 0.6 is 0 Å². The molecule has 1 rings (SSSR count). The third-order valence-corrected chi connectivity index (χ3v) is 5.10. The van der Waals surface area contributed by atoms with Crippen LogP contribution in [0.2, 0.25) is 0 Å². The highest BCUT2D eigenvalue weighted by Crippen LogP contribution is 2.30. The van der Waals surface area contributed by atoms with Gasteiger partial charge in [-0.25, -0.2) is 0 Å². The summed E-state index contributed by atoms with van der Waals surface area (Å²) in [4.78, 5) is 12.0. The molecular weight excluding hydrogens is 292 g/mol. The molecule has 0 aromatic heterocycles. The molecule has 0 bridgehead atoms. The van der Waals surface area contributed by atoms with Gasteiger partial charge in [-0.15, -0.1) is 0 Å². The second-order valence-corrected chi connectivity index (χ2v) is 7.16. The van der Waals surface area contributed by atoms with Crippen LogP contribution in [-0.2, 0) is 9.53 Å². The van der Waals surface area contributed by atoms with Crippen molar-refractivity contribution in [2.75, 3.05) is 7.11 Å². The summed E-state index contributed by atoms with van der Waals surface area (Å²) < 4.78 is 5.30. The summed E-state index contributed by atoms with van der Waals surface area (Å²) in [5.74, 6) is 0.629. The predicted molar refractivity (Wildman–Crippen MR) is 92.4 cm³/mol. The summed E-state index contributed by atoms with van der Waals surface area (Å²) in [5.41, 5.74) is 0. The Morgan fingerprint density at radius 2 is 1.96 bits per heavy atom. The Bertz CT molecular complexity index is 318. The lowest BCUT2D eigenvalue weighted by Crippen LogP contribution is -2.35. The number of Topliss-reactive ketones (excluding diaryl/α,β-unsaturated/α-hetero) is 1. The minimum absolute atomic E-state index is 0.0856. The quantitative estimate of drug-likeness (QED) is 0.537. The Morgan fingerprint density at radius 3 is 2.65 bits per heavy atom. The number of carbonyl (C=O) groups is 1. The van der Waals surface area contributed by atoms with E-state index in [2.05, 4.69) is 6.92 Å². The van der Waals surface area contributed by atoms with Crippen molar-refractivity contribution >= 4 is 5.78 Å². The van der Waals surface area contributed by atoms with Crippen LogP contribution in [0.15, 0.2) is 0 Å². The lowest BCUT2D eigenvalue weighted by atomic mass is 9.82. The summed E-state index contributed by atoms with van der Waals surface area (Å²) in [6.45, 7) is 2.19. The van der Waals surface area contributed by atoms with E-state index in [0.717, 1.165) is 44.9 Å². The molecule has 0 heterocycles. The summed E-state index contributed by atoms with van der Waals surface area (Å²) >= 11 is 0. The number of carbonyl (C=O) groups excluding carboxylic acids is 1. The van der Waals surface area contributed by atoms with Gasteiger partial charge in [-0.2, -0.15) is 0 Å². The number of unbranched alkanes of at least 4 members (excludes halogenated alkanes) is 4. The normalized spacial score (nSPS) is 26.2. The Balaban J connectivity index is 2.11. The van der Waals surface area contributed by atoms with Gasteiger partial charge in [-0.05, 0) is 38.0 Å². The van der Waals surface area contributed by atoms with Crippen molar-refractivity contribution in [2.24, 2.45) is 5.92 Å². The van der Waals surface area contributed by atoms with E-state index in [1.165, 1.54) is 19.3 Å². The monoisotopic (exact) mass is 328 g/mol. The average Bonchev–Trinajstić information content (AvgIpc) is 2.54. The summed E-state index contributed by atoms with van der Waals surface area (Å²) in [6, 6.07) is 0. The second kappa shape index (κ2) is 12.0. The number of aliphatic hydroxyl groups excluding tert-OH is 2. The van der Waals surface area contributed by atoms with Crippen molar-refractivity contribution in [3.63, 3.8) is 0 Å². The van der Waals surface area contributed by atoms with Crippen molar-refractivity contribution in [1.29, 1.82) is 0 Å². The molecule has 2 N–H and O–H groups in total. The highest BCUT2D eigenvalue weighted by Gasteiger charge is 2.29. The first-order valence-electron chi connectivity index (χ1n) is 9.47. The van der Waals surface area contributed by atoms with Crippen LogP contribution in [-0.4, -0.2) is 41.4 Å². The molecule has 4 heteroatoms. The fourth-order valence-corrected chi connectivity index (χ4v) is 3.53. The number of ether oxygens (including phenoxy) is 1. The molecule has 3 unspecified atom stereocenters. The van der Waals surface area contributed by atoms with E-state index in [1.54, 1.807) is 7.11 Å². The molecule has 1 fully saturated rings. The number of rotatable bonds is 12. The molecular formula is C19H36O4. The Morgan fingerprint density at radius 1 is 1.22 bits per heavy atom. The molecule has 4 nitrogen and oxygen atoms in total. The number of aliphatic hydroxyl groups is 2. The van der Waals surface area contributed by atoms with Crippen LogP contribution in [0, 0.1) is 5.92 Å². The van der Waals surface area contributed by atoms with Crippen molar-refractivity contribution in [3.05, 3.63) is 0 Å². The molecule has 0 aromatic carbocycles. The molecule has 0 saturated heterocycles. The average molecular weight is 328 g/mol. The van der Waals surface area contributed by atoms with Crippen LogP contribution in [0.5, 0.6) is 0 Å². The maximum Gasteiger partial charge on any atom is 0.135 e. The van der Waals surface area contributed by atoms with Gasteiger partial charge in [0.25, 0.3) is 0 Å². The van der Waals surface area contributed by atoms with Gasteiger partial charge in [-0.3, -0.25) is 4.79 Å². The third-order valence-electron chi connectivity index (χ3n) is 5.10. The predicted octanol–water partition coefficient (Wildman–Crippen LogP) is 3.62. The van der Waals surface area contributed by atoms with Crippen LogP contribution in [0.25, 0.3) is 0 Å². The largest absolute Gasteiger partial charge is 0.393 e.